The molecule has 1 aromatic rings. The van der Waals surface area contributed by atoms with Crippen LogP contribution in [0.4, 0.5) is 0 Å². The van der Waals surface area contributed by atoms with Crippen LogP contribution in [0.3, 0.4) is 0 Å². The predicted octanol–water partition coefficient (Wildman–Crippen LogP) is 0.503. The molecule has 0 unspecified atom stereocenters. The lowest BCUT2D eigenvalue weighted by Gasteiger charge is -2.34. The predicted molar refractivity (Wildman–Crippen MR) is 91.5 cm³/mol. The van der Waals surface area contributed by atoms with E-state index in [2.05, 4.69) is 15.4 Å². The number of hydrogen-bond acceptors (Lipinski definition) is 5. The first-order valence-corrected chi connectivity index (χ1v) is 9.55. The van der Waals surface area contributed by atoms with Gasteiger partial charge in [-0.15, -0.1) is 0 Å². The van der Waals surface area contributed by atoms with Crippen LogP contribution in [0.15, 0.2) is 29.2 Å². The number of carbonyl (C=O) groups is 1. The van der Waals surface area contributed by atoms with E-state index in [0.717, 1.165) is 0 Å². The highest BCUT2D eigenvalue weighted by Gasteiger charge is 2.39. The molecule has 1 aromatic carbocycles. The van der Waals surface area contributed by atoms with Gasteiger partial charge in [0, 0.05) is 25.2 Å². The van der Waals surface area contributed by atoms with Crippen LogP contribution in [0, 0.1) is 0 Å². The molecule has 24 heavy (non-hydrogen) atoms. The maximum absolute atomic E-state index is 12.3. The number of methoxy groups -OCH3 is 1. The normalized spacial score (nSPS) is 17.4. The molecule has 0 radical (unpaired) electrons. The molecule has 0 saturated carbocycles. The van der Waals surface area contributed by atoms with E-state index in [1.807, 2.05) is 0 Å². The van der Waals surface area contributed by atoms with E-state index in [-0.39, 0.29) is 23.9 Å². The van der Waals surface area contributed by atoms with E-state index in [0.29, 0.717) is 31.0 Å². The number of benzene rings is 1. The minimum atomic E-state index is -3.65. The zero-order chi connectivity index (χ0) is 17.6. The maximum atomic E-state index is 12.3. The Kier molecular flexibility index (Phi) is 6.59. The Balaban J connectivity index is 1.85. The summed E-state index contributed by atoms with van der Waals surface area (Å²) in [6, 6.07) is 6.00. The summed E-state index contributed by atoms with van der Waals surface area (Å²) in [5.41, 5.74) is -0.836. The summed E-state index contributed by atoms with van der Waals surface area (Å²) in [6.07, 6.45) is 1.17. The second kappa shape index (κ2) is 8.26. The van der Waals surface area contributed by atoms with E-state index in [4.69, 9.17) is 16.3 Å². The van der Waals surface area contributed by atoms with Gasteiger partial charge in [0.1, 0.15) is 5.60 Å². The van der Waals surface area contributed by atoms with Gasteiger partial charge in [0.25, 0.3) is 5.91 Å². The monoisotopic (exact) mass is 375 g/mol. The Hall–Kier alpha value is -1.19. The SMILES string of the molecule is COC1(C(=O)NCCNS(=O)(=O)c2cccc(Cl)c2)CCNCC1. The molecule has 0 aliphatic carbocycles. The van der Waals surface area contributed by atoms with Gasteiger partial charge in [-0.2, -0.15) is 0 Å². The lowest BCUT2D eigenvalue weighted by molar-refractivity contribution is -0.146. The molecule has 0 bridgehead atoms. The van der Waals surface area contributed by atoms with Crippen molar-refractivity contribution in [3.8, 4) is 0 Å². The standard InChI is InChI=1S/C15H22ClN3O4S/c1-23-15(5-7-17-8-6-15)14(20)18-9-10-19-24(21,22)13-4-2-3-12(16)11-13/h2-4,11,17,19H,5-10H2,1H3,(H,18,20). The Morgan fingerprint density at radius 3 is 2.67 bits per heavy atom. The molecule has 0 atom stereocenters. The molecular weight excluding hydrogens is 354 g/mol. The second-order valence-electron chi connectivity index (χ2n) is 5.56. The van der Waals surface area contributed by atoms with Crippen molar-refractivity contribution >= 4 is 27.5 Å². The van der Waals surface area contributed by atoms with Gasteiger partial charge in [-0.25, -0.2) is 13.1 Å². The van der Waals surface area contributed by atoms with Crippen LogP contribution in [0.2, 0.25) is 5.02 Å². The van der Waals surface area contributed by atoms with Crippen molar-refractivity contribution in [2.45, 2.75) is 23.3 Å². The van der Waals surface area contributed by atoms with Crippen LogP contribution >= 0.6 is 11.6 Å². The average Bonchev–Trinajstić information content (AvgIpc) is 2.59. The summed E-state index contributed by atoms with van der Waals surface area (Å²) in [7, 11) is -2.13. The molecule has 3 N–H and O–H groups in total. The zero-order valence-corrected chi connectivity index (χ0v) is 15.0. The van der Waals surface area contributed by atoms with Crippen molar-refractivity contribution < 1.29 is 17.9 Å². The molecule has 134 valence electrons. The van der Waals surface area contributed by atoms with Crippen LogP contribution in [0.25, 0.3) is 0 Å². The smallest absolute Gasteiger partial charge is 0.252 e. The van der Waals surface area contributed by atoms with Gasteiger partial charge in [0.15, 0.2) is 0 Å². The van der Waals surface area contributed by atoms with Gasteiger partial charge in [-0.05, 0) is 44.1 Å². The fraction of sp³-hybridized carbons (Fsp3) is 0.533. The van der Waals surface area contributed by atoms with Gasteiger partial charge < -0.3 is 15.4 Å². The van der Waals surface area contributed by atoms with Crippen molar-refractivity contribution in [1.29, 1.82) is 0 Å². The number of piperidine rings is 1. The summed E-state index contributed by atoms with van der Waals surface area (Å²) in [4.78, 5) is 12.4. The summed E-state index contributed by atoms with van der Waals surface area (Å²) in [5.74, 6) is -0.214. The molecule has 1 aliphatic heterocycles. The van der Waals surface area contributed by atoms with Gasteiger partial charge in [-0.3, -0.25) is 4.79 Å². The van der Waals surface area contributed by atoms with Crippen LogP contribution < -0.4 is 15.4 Å². The minimum absolute atomic E-state index is 0.0820. The van der Waals surface area contributed by atoms with E-state index in [9.17, 15) is 13.2 Å². The molecule has 1 aliphatic rings. The van der Waals surface area contributed by atoms with Gasteiger partial charge in [0.2, 0.25) is 10.0 Å². The quantitative estimate of drug-likeness (QED) is 0.603. The summed E-state index contributed by atoms with van der Waals surface area (Å²) < 4.78 is 32.1. The maximum Gasteiger partial charge on any atom is 0.252 e. The Bertz CT molecular complexity index is 675. The topological polar surface area (TPSA) is 96.5 Å². The van der Waals surface area contributed by atoms with Crippen molar-refractivity contribution in [2.75, 3.05) is 33.3 Å². The number of halogens is 1. The van der Waals surface area contributed by atoms with Crippen LogP contribution in [0.5, 0.6) is 0 Å². The van der Waals surface area contributed by atoms with Gasteiger partial charge in [0.05, 0.1) is 4.90 Å². The van der Waals surface area contributed by atoms with Gasteiger partial charge in [-0.1, -0.05) is 17.7 Å². The highest BCUT2D eigenvalue weighted by atomic mass is 35.5. The first kappa shape index (κ1) is 19.1. The van der Waals surface area contributed by atoms with Crippen molar-refractivity contribution in [2.24, 2.45) is 0 Å². The second-order valence-corrected chi connectivity index (χ2v) is 7.76. The van der Waals surface area contributed by atoms with E-state index in [1.165, 1.54) is 19.2 Å². The number of sulfonamides is 1. The molecule has 1 saturated heterocycles. The van der Waals surface area contributed by atoms with Crippen LogP contribution in [-0.2, 0) is 19.6 Å². The third-order valence-electron chi connectivity index (χ3n) is 4.02. The fourth-order valence-corrected chi connectivity index (χ4v) is 3.93. The number of nitrogens with one attached hydrogen (secondary N) is 3. The highest BCUT2D eigenvalue weighted by Crippen LogP contribution is 2.22. The summed E-state index contributed by atoms with van der Waals surface area (Å²) in [5, 5.41) is 6.26. The lowest BCUT2D eigenvalue weighted by atomic mass is 9.91. The summed E-state index contributed by atoms with van der Waals surface area (Å²) >= 11 is 5.80. The first-order chi connectivity index (χ1) is 11.4. The largest absolute Gasteiger partial charge is 0.368 e. The van der Waals surface area contributed by atoms with E-state index < -0.39 is 15.6 Å². The molecule has 9 heteroatoms. The van der Waals surface area contributed by atoms with Crippen molar-refractivity contribution in [1.82, 2.24) is 15.4 Å². The number of rotatable bonds is 7. The third kappa shape index (κ3) is 4.67. The fourth-order valence-electron chi connectivity index (χ4n) is 2.59. The number of hydrogen-bond donors (Lipinski definition) is 3. The number of ether oxygens (including phenoxy) is 1. The van der Waals surface area contributed by atoms with Crippen molar-refractivity contribution in [3.05, 3.63) is 29.3 Å². The molecule has 1 amide bonds. The van der Waals surface area contributed by atoms with E-state index in [1.54, 1.807) is 12.1 Å². The zero-order valence-electron chi connectivity index (χ0n) is 13.5. The number of carbonyl (C=O) groups excluding carboxylic acids is 1. The Morgan fingerprint density at radius 2 is 2.04 bits per heavy atom. The molecular formula is C15H22ClN3O4S. The Labute approximate surface area is 147 Å². The minimum Gasteiger partial charge on any atom is -0.368 e. The van der Waals surface area contributed by atoms with Crippen LogP contribution in [-0.4, -0.2) is 53.2 Å². The summed E-state index contributed by atoms with van der Waals surface area (Å²) in [6.45, 7) is 1.68. The average molecular weight is 376 g/mol. The number of amides is 1. The van der Waals surface area contributed by atoms with Gasteiger partial charge >= 0.3 is 0 Å². The third-order valence-corrected chi connectivity index (χ3v) is 5.72. The molecule has 2 rings (SSSR count). The molecule has 1 fully saturated rings. The molecule has 0 spiro atoms. The Morgan fingerprint density at radius 1 is 1.33 bits per heavy atom. The first-order valence-electron chi connectivity index (χ1n) is 7.69. The molecule has 1 heterocycles. The van der Waals surface area contributed by atoms with Crippen molar-refractivity contribution in [3.63, 3.8) is 0 Å². The highest BCUT2D eigenvalue weighted by molar-refractivity contribution is 7.89. The lowest BCUT2D eigenvalue weighted by Crippen LogP contribution is -2.54. The molecule has 7 nitrogen and oxygen atoms in total. The van der Waals surface area contributed by atoms with Crippen LogP contribution in [0.1, 0.15) is 12.8 Å². The molecule has 0 aromatic heterocycles. The van der Waals surface area contributed by atoms with E-state index >= 15 is 0 Å².